The number of nitrogens with zero attached hydrogens (tertiary/aromatic N) is 2. The van der Waals surface area contributed by atoms with Gasteiger partial charge in [0.2, 0.25) is 0 Å². The zero-order valence-electron chi connectivity index (χ0n) is 14.3. The van der Waals surface area contributed by atoms with Crippen LogP contribution in [-0.4, -0.2) is 28.1 Å². The Morgan fingerprint density at radius 2 is 1.59 bits per heavy atom. The third kappa shape index (κ3) is 2.09. The van der Waals surface area contributed by atoms with Crippen LogP contribution in [0.25, 0.3) is 0 Å². The molecular weight excluding hydrogens is 275 g/mol. The van der Waals surface area contributed by atoms with Crippen molar-refractivity contribution in [1.82, 2.24) is 9.78 Å². The molecule has 1 saturated heterocycles. The maximum absolute atomic E-state index is 6.15. The van der Waals surface area contributed by atoms with Gasteiger partial charge in [0.1, 0.15) is 0 Å². The molecular formula is C17H27BN2O2. The van der Waals surface area contributed by atoms with E-state index in [1.165, 1.54) is 38.5 Å². The van der Waals surface area contributed by atoms with Gasteiger partial charge in [-0.3, -0.25) is 4.68 Å². The molecule has 22 heavy (non-hydrogen) atoms. The molecule has 4 aliphatic rings. The standard InChI is InChI=1S/C17H27BN2O2/c1-15(2)16(3,4)22-18(21-15)14-11-19-20(12-14)17-8-5-13(6-9-17)7-10-17/h11-13H,5-10H2,1-4H3. The van der Waals surface area contributed by atoms with Crippen LogP contribution >= 0.6 is 0 Å². The molecule has 5 heteroatoms. The molecule has 0 aromatic carbocycles. The van der Waals surface area contributed by atoms with E-state index < -0.39 is 0 Å². The van der Waals surface area contributed by atoms with E-state index in [1.807, 2.05) is 6.20 Å². The summed E-state index contributed by atoms with van der Waals surface area (Å²) >= 11 is 0. The molecule has 5 rings (SSSR count). The molecule has 0 radical (unpaired) electrons. The highest BCUT2D eigenvalue weighted by atomic mass is 16.7. The Morgan fingerprint density at radius 1 is 1.05 bits per heavy atom. The van der Waals surface area contributed by atoms with Crippen molar-refractivity contribution in [2.75, 3.05) is 0 Å². The summed E-state index contributed by atoms with van der Waals surface area (Å²) < 4.78 is 14.5. The Labute approximate surface area is 133 Å². The smallest absolute Gasteiger partial charge is 0.399 e. The fourth-order valence-corrected chi connectivity index (χ4v) is 4.27. The van der Waals surface area contributed by atoms with E-state index in [9.17, 15) is 0 Å². The third-order valence-corrected chi connectivity index (χ3v) is 6.67. The van der Waals surface area contributed by atoms with E-state index in [1.54, 1.807) is 0 Å². The molecule has 0 unspecified atom stereocenters. The van der Waals surface area contributed by atoms with Gasteiger partial charge in [-0.1, -0.05) is 0 Å². The van der Waals surface area contributed by atoms with E-state index >= 15 is 0 Å². The Balaban J connectivity index is 1.58. The van der Waals surface area contributed by atoms with Gasteiger partial charge in [-0.05, 0) is 72.1 Å². The average molecular weight is 302 g/mol. The van der Waals surface area contributed by atoms with Crippen LogP contribution in [0.1, 0.15) is 66.2 Å². The summed E-state index contributed by atoms with van der Waals surface area (Å²) in [6, 6.07) is 0. The van der Waals surface area contributed by atoms with Gasteiger partial charge in [-0.15, -0.1) is 0 Å². The summed E-state index contributed by atoms with van der Waals surface area (Å²) in [5.74, 6) is 0.972. The minimum absolute atomic E-state index is 0.261. The number of rotatable bonds is 2. The molecule has 0 amide bonds. The molecule has 1 aromatic rings. The van der Waals surface area contributed by atoms with Crippen LogP contribution in [-0.2, 0) is 14.8 Å². The fraction of sp³-hybridized carbons (Fsp3) is 0.824. The Hall–Kier alpha value is -0.805. The normalized spacial score (nSPS) is 36.0. The van der Waals surface area contributed by atoms with Crippen molar-refractivity contribution < 1.29 is 9.31 Å². The quantitative estimate of drug-likeness (QED) is 0.788. The van der Waals surface area contributed by atoms with Gasteiger partial charge in [-0.2, -0.15) is 5.10 Å². The first-order chi connectivity index (χ1) is 10.3. The van der Waals surface area contributed by atoms with Gasteiger partial charge in [-0.25, -0.2) is 0 Å². The highest BCUT2D eigenvalue weighted by Gasteiger charge is 2.52. The number of hydrogen-bond donors (Lipinski definition) is 0. The maximum atomic E-state index is 6.15. The second-order valence-corrected chi connectivity index (χ2v) is 8.51. The van der Waals surface area contributed by atoms with Gasteiger partial charge >= 0.3 is 7.12 Å². The minimum atomic E-state index is -0.296. The third-order valence-electron chi connectivity index (χ3n) is 6.67. The van der Waals surface area contributed by atoms with E-state index in [2.05, 4.69) is 38.6 Å². The second-order valence-electron chi connectivity index (χ2n) is 8.51. The first-order valence-corrected chi connectivity index (χ1v) is 8.72. The van der Waals surface area contributed by atoms with Crippen LogP contribution in [0, 0.1) is 5.92 Å². The maximum Gasteiger partial charge on any atom is 0.498 e. The topological polar surface area (TPSA) is 36.3 Å². The highest BCUT2D eigenvalue weighted by molar-refractivity contribution is 6.62. The van der Waals surface area contributed by atoms with Crippen molar-refractivity contribution in [3.05, 3.63) is 12.4 Å². The van der Waals surface area contributed by atoms with Crippen LogP contribution < -0.4 is 5.46 Å². The van der Waals surface area contributed by atoms with Crippen molar-refractivity contribution >= 4 is 12.6 Å². The van der Waals surface area contributed by atoms with Crippen molar-refractivity contribution in [2.24, 2.45) is 5.92 Å². The molecule has 120 valence electrons. The number of hydrogen-bond acceptors (Lipinski definition) is 3. The molecule has 0 atom stereocenters. The zero-order chi connectivity index (χ0) is 15.6. The molecule has 4 fully saturated rings. The van der Waals surface area contributed by atoms with Crippen LogP contribution in [0.2, 0.25) is 0 Å². The van der Waals surface area contributed by atoms with Crippen LogP contribution in [0.3, 0.4) is 0 Å². The predicted octanol–water partition coefficient (Wildman–Crippen LogP) is 2.86. The summed E-state index contributed by atoms with van der Waals surface area (Å²) in [7, 11) is -0.296. The van der Waals surface area contributed by atoms with Crippen molar-refractivity contribution in [3.8, 4) is 0 Å². The van der Waals surface area contributed by atoms with E-state index in [0.717, 1.165) is 11.4 Å². The van der Waals surface area contributed by atoms with E-state index in [4.69, 9.17) is 14.4 Å². The molecule has 0 N–H and O–H groups in total. The first kappa shape index (κ1) is 14.8. The number of fused-ring (bicyclic) bond motifs is 3. The summed E-state index contributed by atoms with van der Waals surface area (Å²) in [6.45, 7) is 8.38. The zero-order valence-corrected chi connectivity index (χ0v) is 14.3. The predicted molar refractivity (Wildman–Crippen MR) is 87.1 cm³/mol. The van der Waals surface area contributed by atoms with Gasteiger partial charge in [0.25, 0.3) is 0 Å². The molecule has 2 heterocycles. The van der Waals surface area contributed by atoms with Gasteiger partial charge in [0, 0.05) is 17.9 Å². The second kappa shape index (κ2) is 4.61. The monoisotopic (exact) mass is 302 g/mol. The van der Waals surface area contributed by atoms with Gasteiger partial charge in [0.15, 0.2) is 0 Å². The summed E-state index contributed by atoms with van der Waals surface area (Å²) in [6.07, 6.45) is 12.1. The Kier molecular flexibility index (Phi) is 3.09. The first-order valence-electron chi connectivity index (χ1n) is 8.72. The lowest BCUT2D eigenvalue weighted by Crippen LogP contribution is -2.43. The Bertz CT molecular complexity index is 543. The van der Waals surface area contributed by atoms with Crippen molar-refractivity contribution in [1.29, 1.82) is 0 Å². The van der Waals surface area contributed by atoms with Gasteiger partial charge in [0.05, 0.1) is 16.7 Å². The lowest BCUT2D eigenvalue weighted by Gasteiger charge is -2.46. The summed E-state index contributed by atoms with van der Waals surface area (Å²) in [4.78, 5) is 0. The largest absolute Gasteiger partial charge is 0.498 e. The molecule has 3 aliphatic carbocycles. The molecule has 4 nitrogen and oxygen atoms in total. The van der Waals surface area contributed by atoms with Crippen LogP contribution in [0.4, 0.5) is 0 Å². The van der Waals surface area contributed by atoms with Crippen molar-refractivity contribution in [3.63, 3.8) is 0 Å². The molecule has 1 aromatic heterocycles. The van der Waals surface area contributed by atoms with Crippen molar-refractivity contribution in [2.45, 2.75) is 83.0 Å². The molecule has 1 aliphatic heterocycles. The Morgan fingerprint density at radius 3 is 2.14 bits per heavy atom. The number of aromatic nitrogens is 2. The lowest BCUT2D eigenvalue weighted by atomic mass is 9.66. The van der Waals surface area contributed by atoms with Crippen LogP contribution in [0.15, 0.2) is 12.4 Å². The molecule has 2 bridgehead atoms. The fourth-order valence-electron chi connectivity index (χ4n) is 4.27. The minimum Gasteiger partial charge on any atom is -0.399 e. The lowest BCUT2D eigenvalue weighted by molar-refractivity contribution is 0.00578. The van der Waals surface area contributed by atoms with Crippen LogP contribution in [0.5, 0.6) is 0 Å². The molecule has 0 spiro atoms. The summed E-state index contributed by atoms with van der Waals surface area (Å²) in [5.41, 5.74) is 0.735. The molecule has 3 saturated carbocycles. The van der Waals surface area contributed by atoms with Gasteiger partial charge < -0.3 is 9.31 Å². The average Bonchev–Trinajstić information content (AvgIpc) is 3.05. The SMILES string of the molecule is CC1(C)OB(c2cnn(C34CCC(CC3)CC4)c2)OC1(C)C. The van der Waals surface area contributed by atoms with E-state index in [-0.39, 0.29) is 23.9 Å². The highest BCUT2D eigenvalue weighted by Crippen LogP contribution is 2.48. The van der Waals surface area contributed by atoms with E-state index in [0.29, 0.717) is 0 Å². The summed E-state index contributed by atoms with van der Waals surface area (Å²) in [5, 5.41) is 4.70.